The summed E-state index contributed by atoms with van der Waals surface area (Å²) < 4.78 is 11.4. The maximum Gasteiger partial charge on any atom is 0.312 e. The Balaban J connectivity index is 5.04. The molecular weight excluding hydrogens is 288 g/mol. The Kier molecular flexibility index (Phi) is 8.44. The van der Waals surface area contributed by atoms with Gasteiger partial charge in [0.15, 0.2) is 8.32 Å². The Bertz CT molecular complexity index is 300. The molecule has 0 amide bonds. The van der Waals surface area contributed by atoms with E-state index in [2.05, 4.69) is 47.7 Å². The number of carbonyl (C=O) groups is 1. The van der Waals surface area contributed by atoms with Gasteiger partial charge in [-0.2, -0.15) is 11.8 Å². The number of hydrogen-bond donors (Lipinski definition) is 0. The second-order valence-electron chi connectivity index (χ2n) is 6.61. The Morgan fingerprint density at radius 1 is 1.25 bits per heavy atom. The monoisotopic (exact) mass is 320 g/mol. The van der Waals surface area contributed by atoms with Gasteiger partial charge in [0, 0.05) is 5.75 Å². The number of hydrogen-bond acceptors (Lipinski definition) is 4. The zero-order valence-corrected chi connectivity index (χ0v) is 16.2. The summed E-state index contributed by atoms with van der Waals surface area (Å²) in [6.45, 7) is 15.3. The van der Waals surface area contributed by atoms with Gasteiger partial charge in [-0.15, -0.1) is 0 Å². The Morgan fingerprint density at radius 3 is 2.15 bits per heavy atom. The topological polar surface area (TPSA) is 35.5 Å². The molecule has 0 fully saturated rings. The summed E-state index contributed by atoms with van der Waals surface area (Å²) in [5, 5.41) is 0.152. The lowest BCUT2D eigenvalue weighted by Crippen LogP contribution is -2.47. The summed E-state index contributed by atoms with van der Waals surface area (Å²) >= 11 is 1.77. The highest BCUT2D eigenvalue weighted by Crippen LogP contribution is 2.38. The second-order valence-corrected chi connectivity index (χ2v) is 12.7. The first-order chi connectivity index (χ1) is 9.10. The number of carbonyl (C=O) groups excluding carboxylic acids is 1. The first kappa shape index (κ1) is 20.0. The van der Waals surface area contributed by atoms with E-state index in [0.29, 0.717) is 0 Å². The maximum atomic E-state index is 12.1. The molecule has 0 N–H and O–H groups in total. The first-order valence-electron chi connectivity index (χ1n) is 7.44. The van der Waals surface area contributed by atoms with Crippen LogP contribution in [0, 0.1) is 5.92 Å². The van der Waals surface area contributed by atoms with Gasteiger partial charge in [-0.25, -0.2) is 0 Å². The molecule has 0 aliphatic heterocycles. The normalized spacial score (nSPS) is 15.8. The molecule has 2 atom stereocenters. The molecule has 0 spiro atoms. The van der Waals surface area contributed by atoms with Crippen LogP contribution < -0.4 is 0 Å². The van der Waals surface area contributed by atoms with Gasteiger partial charge in [-0.1, -0.05) is 34.6 Å². The molecule has 0 unspecified atom stereocenters. The van der Waals surface area contributed by atoms with Gasteiger partial charge in [0.05, 0.1) is 19.1 Å². The van der Waals surface area contributed by atoms with Gasteiger partial charge in [0.2, 0.25) is 0 Å². The van der Waals surface area contributed by atoms with Crippen LogP contribution in [0.4, 0.5) is 0 Å². The molecule has 0 heterocycles. The van der Waals surface area contributed by atoms with Crippen LogP contribution >= 0.6 is 11.8 Å². The van der Waals surface area contributed by atoms with E-state index in [-0.39, 0.29) is 23.0 Å². The number of thioether (sulfide) groups is 1. The molecule has 120 valence electrons. The molecule has 0 aromatic carbocycles. The van der Waals surface area contributed by atoms with Crippen molar-refractivity contribution in [2.75, 3.05) is 18.6 Å². The Labute approximate surface area is 130 Å². The molecule has 0 saturated carbocycles. The quantitative estimate of drug-likeness (QED) is 0.492. The average Bonchev–Trinajstić information content (AvgIpc) is 2.35. The van der Waals surface area contributed by atoms with Gasteiger partial charge in [-0.3, -0.25) is 4.79 Å². The smallest absolute Gasteiger partial charge is 0.312 e. The predicted octanol–water partition coefficient (Wildman–Crippen LogP) is 4.33. The zero-order chi connectivity index (χ0) is 16.0. The van der Waals surface area contributed by atoms with Crippen LogP contribution in [-0.4, -0.2) is 39.0 Å². The molecule has 5 heteroatoms. The molecule has 0 aliphatic rings. The van der Waals surface area contributed by atoms with Crippen LogP contribution in [0.1, 0.15) is 41.0 Å². The van der Waals surface area contributed by atoms with Crippen LogP contribution in [0.2, 0.25) is 18.1 Å². The van der Waals surface area contributed by atoms with Gasteiger partial charge in [0.25, 0.3) is 0 Å². The molecule has 3 nitrogen and oxygen atoms in total. The average molecular weight is 321 g/mol. The minimum Gasteiger partial charge on any atom is -0.469 e. The van der Waals surface area contributed by atoms with Crippen LogP contribution in [0.3, 0.4) is 0 Å². The summed E-state index contributed by atoms with van der Waals surface area (Å²) in [5.41, 5.74) is 0. The summed E-state index contributed by atoms with van der Waals surface area (Å²) in [7, 11) is -0.403. The lowest BCUT2D eigenvalue weighted by Gasteiger charge is -2.40. The number of ether oxygens (including phenoxy) is 1. The van der Waals surface area contributed by atoms with E-state index in [1.165, 1.54) is 7.11 Å². The van der Waals surface area contributed by atoms with Crippen molar-refractivity contribution in [3.8, 4) is 0 Å². The summed E-state index contributed by atoms with van der Waals surface area (Å²) in [5.74, 6) is 1.47. The predicted molar refractivity (Wildman–Crippen MR) is 90.9 cm³/mol. The molecule has 20 heavy (non-hydrogen) atoms. The standard InChI is InChI=1S/C15H32O3SSi/c1-9-13(18-20(7,8)15(3,4)5)12(11-19-10-2)14(16)17-6/h12-13H,9-11H2,1-8H3/t12-,13+/m0/s1. The highest BCUT2D eigenvalue weighted by molar-refractivity contribution is 7.99. The molecule has 0 aromatic heterocycles. The third kappa shape index (κ3) is 5.78. The van der Waals surface area contributed by atoms with Crippen molar-refractivity contribution in [3.05, 3.63) is 0 Å². The molecule has 0 rings (SSSR count). The maximum absolute atomic E-state index is 12.1. The summed E-state index contributed by atoms with van der Waals surface area (Å²) in [6, 6.07) is 0. The molecule has 0 saturated heterocycles. The minimum atomic E-state index is -1.87. The van der Waals surface area contributed by atoms with Gasteiger partial charge < -0.3 is 9.16 Å². The Hall–Kier alpha value is -0.00312. The fourth-order valence-electron chi connectivity index (χ4n) is 1.73. The van der Waals surface area contributed by atoms with E-state index >= 15 is 0 Å². The number of esters is 1. The molecular formula is C15H32O3SSi. The summed E-state index contributed by atoms with van der Waals surface area (Å²) in [6.07, 6.45) is 0.804. The van der Waals surface area contributed by atoms with E-state index in [0.717, 1.165) is 17.9 Å². The molecule has 0 bridgehead atoms. The van der Waals surface area contributed by atoms with Crippen molar-refractivity contribution < 1.29 is 14.0 Å². The van der Waals surface area contributed by atoms with Crippen molar-refractivity contribution in [2.24, 2.45) is 5.92 Å². The fourth-order valence-corrected chi connectivity index (χ4v) is 4.01. The van der Waals surface area contributed by atoms with Crippen molar-refractivity contribution in [2.45, 2.75) is 65.3 Å². The second kappa shape index (κ2) is 8.44. The zero-order valence-electron chi connectivity index (χ0n) is 14.4. The van der Waals surface area contributed by atoms with Gasteiger partial charge in [0.1, 0.15) is 0 Å². The van der Waals surface area contributed by atoms with Crippen molar-refractivity contribution in [1.29, 1.82) is 0 Å². The van der Waals surface area contributed by atoms with Crippen LogP contribution in [-0.2, 0) is 14.0 Å². The van der Waals surface area contributed by atoms with Crippen LogP contribution in [0.25, 0.3) is 0 Å². The largest absolute Gasteiger partial charge is 0.469 e. The van der Waals surface area contributed by atoms with E-state index in [1.54, 1.807) is 11.8 Å². The first-order valence-corrected chi connectivity index (χ1v) is 11.5. The van der Waals surface area contributed by atoms with E-state index in [4.69, 9.17) is 9.16 Å². The van der Waals surface area contributed by atoms with Crippen LogP contribution in [0.5, 0.6) is 0 Å². The SMILES string of the molecule is CCSC[C@H](C(=O)OC)[C@@H](CC)O[Si](C)(C)C(C)(C)C. The lowest BCUT2D eigenvalue weighted by molar-refractivity contribution is -0.148. The van der Waals surface area contributed by atoms with Gasteiger partial charge >= 0.3 is 5.97 Å². The third-order valence-electron chi connectivity index (χ3n) is 4.11. The van der Waals surface area contributed by atoms with Crippen molar-refractivity contribution in [1.82, 2.24) is 0 Å². The van der Waals surface area contributed by atoms with E-state index in [1.807, 2.05) is 0 Å². The summed E-state index contributed by atoms with van der Waals surface area (Å²) in [4.78, 5) is 12.1. The van der Waals surface area contributed by atoms with E-state index in [9.17, 15) is 4.79 Å². The number of methoxy groups -OCH3 is 1. The highest BCUT2D eigenvalue weighted by atomic mass is 32.2. The number of rotatable bonds is 8. The fraction of sp³-hybridized carbons (Fsp3) is 0.933. The Morgan fingerprint density at radius 2 is 1.80 bits per heavy atom. The minimum absolute atomic E-state index is 0.0395. The van der Waals surface area contributed by atoms with Crippen molar-refractivity contribution in [3.63, 3.8) is 0 Å². The van der Waals surface area contributed by atoms with Crippen molar-refractivity contribution >= 4 is 26.0 Å². The van der Waals surface area contributed by atoms with E-state index < -0.39 is 8.32 Å². The molecule has 0 radical (unpaired) electrons. The lowest BCUT2D eigenvalue weighted by atomic mass is 10.0. The van der Waals surface area contributed by atoms with Gasteiger partial charge in [-0.05, 0) is 30.3 Å². The third-order valence-corrected chi connectivity index (χ3v) is 9.62. The molecule has 0 aromatic rings. The highest BCUT2D eigenvalue weighted by Gasteiger charge is 2.41. The van der Waals surface area contributed by atoms with Crippen LogP contribution in [0.15, 0.2) is 0 Å². The molecule has 0 aliphatic carbocycles.